The molecule has 0 radical (unpaired) electrons. The highest BCUT2D eigenvalue weighted by molar-refractivity contribution is 9.10. The summed E-state index contributed by atoms with van der Waals surface area (Å²) in [7, 11) is 3.94. The van der Waals surface area contributed by atoms with Gasteiger partial charge in [0.05, 0.1) is 28.1 Å². The molecule has 0 N–H and O–H groups in total. The Morgan fingerprint density at radius 1 is 1.00 bits per heavy atom. The van der Waals surface area contributed by atoms with Crippen molar-refractivity contribution in [3.05, 3.63) is 97.2 Å². The van der Waals surface area contributed by atoms with Gasteiger partial charge in [-0.2, -0.15) is 0 Å². The lowest BCUT2D eigenvalue weighted by Gasteiger charge is -2.28. The van der Waals surface area contributed by atoms with Crippen molar-refractivity contribution in [1.29, 1.82) is 0 Å². The van der Waals surface area contributed by atoms with Crippen LogP contribution in [0.1, 0.15) is 22.6 Å². The first kappa shape index (κ1) is 23.2. The van der Waals surface area contributed by atoms with E-state index in [2.05, 4.69) is 41.9 Å². The summed E-state index contributed by atoms with van der Waals surface area (Å²) < 4.78 is 20.8. The Kier molecular flexibility index (Phi) is 5.21. The summed E-state index contributed by atoms with van der Waals surface area (Å²) in [6, 6.07) is 16.8. The van der Waals surface area contributed by atoms with Crippen LogP contribution >= 0.6 is 31.9 Å². The molecule has 11 heteroatoms. The third kappa shape index (κ3) is 3.49. The van der Waals surface area contributed by atoms with E-state index in [1.807, 2.05) is 55.4 Å². The first-order chi connectivity index (χ1) is 18.4. The molecule has 0 fully saturated rings. The van der Waals surface area contributed by atoms with Crippen molar-refractivity contribution in [2.24, 2.45) is 0 Å². The largest absolute Gasteiger partial charge is 0.446 e. The molecule has 6 aromatic rings. The zero-order valence-corrected chi connectivity index (χ0v) is 23.1. The van der Waals surface area contributed by atoms with Gasteiger partial charge in [0.25, 0.3) is 0 Å². The molecular weight excluding hydrogens is 618 g/mol. The van der Waals surface area contributed by atoms with Crippen LogP contribution in [0.5, 0.6) is 11.6 Å². The Morgan fingerprint density at radius 2 is 1.84 bits per heavy atom. The highest BCUT2D eigenvalue weighted by Gasteiger charge is 2.38. The average molecular weight is 635 g/mol. The van der Waals surface area contributed by atoms with Gasteiger partial charge >= 0.3 is 5.63 Å². The minimum Gasteiger partial charge on any atom is -0.446 e. The van der Waals surface area contributed by atoms with Crippen molar-refractivity contribution < 1.29 is 13.6 Å². The SMILES string of the molecule is CN(C)c1ccc(C2c3c(c4ccccc4oc3=O)Oc3ncn4nc(-c5ccc(Br)o5)nc4c32)cc1Br. The third-order valence-electron chi connectivity index (χ3n) is 6.54. The predicted molar refractivity (Wildman–Crippen MR) is 148 cm³/mol. The van der Waals surface area contributed by atoms with Crippen molar-refractivity contribution in [2.45, 2.75) is 5.92 Å². The molecule has 1 aliphatic rings. The predicted octanol–water partition coefficient (Wildman–Crippen LogP) is 6.37. The molecule has 5 heterocycles. The van der Waals surface area contributed by atoms with Crippen LogP contribution < -0.4 is 15.3 Å². The zero-order chi connectivity index (χ0) is 26.1. The topological polar surface area (TPSA) is 98.9 Å². The second kappa shape index (κ2) is 8.53. The van der Waals surface area contributed by atoms with Gasteiger partial charge in [-0.05, 0) is 73.8 Å². The van der Waals surface area contributed by atoms with E-state index in [9.17, 15) is 4.79 Å². The van der Waals surface area contributed by atoms with Gasteiger partial charge in [0.2, 0.25) is 11.7 Å². The zero-order valence-electron chi connectivity index (χ0n) is 20.0. The molecule has 1 atom stereocenters. The minimum absolute atomic E-state index is 0.345. The quantitative estimate of drug-likeness (QED) is 0.207. The summed E-state index contributed by atoms with van der Waals surface area (Å²) in [5, 5.41) is 5.26. The van der Waals surface area contributed by atoms with E-state index in [1.165, 1.54) is 0 Å². The van der Waals surface area contributed by atoms with Gasteiger partial charge in [0, 0.05) is 18.6 Å². The third-order valence-corrected chi connectivity index (χ3v) is 7.60. The Bertz CT molecular complexity index is 1960. The molecule has 38 heavy (non-hydrogen) atoms. The van der Waals surface area contributed by atoms with E-state index < -0.39 is 11.5 Å². The van der Waals surface area contributed by atoms with Gasteiger partial charge < -0.3 is 18.5 Å². The van der Waals surface area contributed by atoms with Gasteiger partial charge in [-0.15, -0.1) is 5.10 Å². The summed E-state index contributed by atoms with van der Waals surface area (Å²) in [6.07, 6.45) is 1.55. The first-order valence-corrected chi connectivity index (χ1v) is 13.2. The molecule has 0 aliphatic carbocycles. The van der Waals surface area contributed by atoms with Gasteiger partial charge in [-0.1, -0.05) is 18.2 Å². The number of ether oxygens (including phenoxy) is 1. The highest BCUT2D eigenvalue weighted by atomic mass is 79.9. The maximum atomic E-state index is 13.5. The number of benzene rings is 2. The molecule has 1 unspecified atom stereocenters. The fourth-order valence-corrected chi connectivity index (χ4v) is 5.92. The van der Waals surface area contributed by atoms with E-state index in [4.69, 9.17) is 18.6 Å². The molecule has 0 spiro atoms. The van der Waals surface area contributed by atoms with E-state index in [1.54, 1.807) is 29.0 Å². The maximum Gasteiger partial charge on any atom is 0.344 e. The standard InChI is InChI=1S/C27H17Br2N5O4/c1-33(2)16-8-7-13(11-15(16)28)20-21-23(14-5-3-4-6-17(14)37-27(21)35)38-26-22(20)25-31-24(32-34(25)12-30-26)18-9-10-19(29)36-18/h3-12,20H,1-2H3. The number of halogens is 2. The monoisotopic (exact) mass is 633 g/mol. The fraction of sp³-hybridized carbons (Fsp3) is 0.111. The number of aromatic nitrogens is 4. The molecular formula is C27H17Br2N5O4. The number of rotatable bonds is 3. The van der Waals surface area contributed by atoms with E-state index in [0.717, 1.165) is 15.7 Å². The molecule has 0 saturated carbocycles. The van der Waals surface area contributed by atoms with Crippen LogP contribution in [0.4, 0.5) is 5.69 Å². The Balaban J connectivity index is 1.54. The molecule has 1 aliphatic heterocycles. The lowest BCUT2D eigenvalue weighted by molar-refractivity contribution is 0.422. The van der Waals surface area contributed by atoms with E-state index in [0.29, 0.717) is 55.6 Å². The highest BCUT2D eigenvalue weighted by Crippen LogP contribution is 2.49. The van der Waals surface area contributed by atoms with E-state index in [-0.39, 0.29) is 0 Å². The molecule has 0 bridgehead atoms. The second-order valence-corrected chi connectivity index (χ2v) is 10.7. The second-order valence-electron chi connectivity index (χ2n) is 9.04. The number of hydrogen-bond acceptors (Lipinski definition) is 8. The molecule has 7 rings (SSSR count). The number of anilines is 1. The molecule has 188 valence electrons. The summed E-state index contributed by atoms with van der Waals surface area (Å²) in [6.45, 7) is 0. The van der Waals surface area contributed by atoms with Crippen molar-refractivity contribution >= 4 is 54.2 Å². The van der Waals surface area contributed by atoms with Crippen molar-refractivity contribution in [1.82, 2.24) is 19.6 Å². The normalized spacial score (nSPS) is 14.4. The van der Waals surface area contributed by atoms with Gasteiger partial charge in [-0.3, -0.25) is 0 Å². The van der Waals surface area contributed by atoms with Crippen molar-refractivity contribution in [2.75, 3.05) is 19.0 Å². The summed E-state index contributed by atoms with van der Waals surface area (Å²) >= 11 is 7.03. The van der Waals surface area contributed by atoms with Gasteiger partial charge in [-0.25, -0.2) is 19.3 Å². The van der Waals surface area contributed by atoms with Gasteiger partial charge in [0.15, 0.2) is 21.8 Å². The van der Waals surface area contributed by atoms with Crippen LogP contribution in [0.2, 0.25) is 0 Å². The number of hydrogen-bond donors (Lipinski definition) is 0. The van der Waals surface area contributed by atoms with Crippen LogP contribution in [0.3, 0.4) is 0 Å². The molecule has 2 aromatic carbocycles. The molecule has 9 nitrogen and oxygen atoms in total. The summed E-state index contributed by atoms with van der Waals surface area (Å²) in [5.74, 6) is 1.06. The van der Waals surface area contributed by atoms with Gasteiger partial charge in [0.1, 0.15) is 11.9 Å². The Labute approximate surface area is 231 Å². The van der Waals surface area contributed by atoms with Crippen LogP contribution in [0.25, 0.3) is 28.2 Å². The van der Waals surface area contributed by atoms with E-state index >= 15 is 0 Å². The lowest BCUT2D eigenvalue weighted by Crippen LogP contribution is -2.22. The van der Waals surface area contributed by atoms with Crippen LogP contribution in [0.15, 0.2) is 83.7 Å². The number of fused-ring (bicyclic) bond motifs is 6. The smallest absolute Gasteiger partial charge is 0.344 e. The average Bonchev–Trinajstić information content (AvgIpc) is 3.53. The summed E-state index contributed by atoms with van der Waals surface area (Å²) in [4.78, 5) is 24.9. The summed E-state index contributed by atoms with van der Waals surface area (Å²) in [5.41, 5.74) is 3.27. The number of nitrogens with zero attached hydrogens (tertiary/aromatic N) is 5. The maximum absolute atomic E-state index is 13.5. The minimum atomic E-state index is -0.585. The fourth-order valence-electron chi connectivity index (χ4n) is 4.87. The first-order valence-electron chi connectivity index (χ1n) is 11.6. The van der Waals surface area contributed by atoms with Crippen LogP contribution in [-0.4, -0.2) is 33.7 Å². The molecule has 4 aromatic heterocycles. The molecule has 0 saturated heterocycles. The van der Waals surface area contributed by atoms with Crippen LogP contribution in [0, 0.1) is 0 Å². The Hall–Kier alpha value is -3.96. The molecule has 0 amide bonds. The van der Waals surface area contributed by atoms with Crippen molar-refractivity contribution in [3.63, 3.8) is 0 Å². The Morgan fingerprint density at radius 3 is 2.61 bits per heavy atom. The number of furan rings is 1. The van der Waals surface area contributed by atoms with Crippen LogP contribution in [-0.2, 0) is 0 Å². The number of para-hydroxylation sites is 1. The van der Waals surface area contributed by atoms with Crippen molar-refractivity contribution in [3.8, 4) is 23.2 Å². The lowest BCUT2D eigenvalue weighted by atomic mass is 9.84.